The lowest BCUT2D eigenvalue weighted by atomic mass is 10.2. The lowest BCUT2D eigenvalue weighted by Gasteiger charge is -2.13. The van der Waals surface area contributed by atoms with Gasteiger partial charge in [0.05, 0.1) is 17.4 Å². The molecule has 4 nitrogen and oxygen atoms in total. The monoisotopic (exact) mass is 280 g/mol. The molecule has 106 valence electrons. The average molecular weight is 280 g/mol. The minimum absolute atomic E-state index is 0.220. The molecule has 1 aromatic heterocycles. The Balaban J connectivity index is 2.31. The molecule has 3 rings (SSSR count). The van der Waals surface area contributed by atoms with Crippen LogP contribution < -0.4 is 11.2 Å². The first-order valence-electron chi connectivity index (χ1n) is 6.98. The third-order valence-electron chi connectivity index (χ3n) is 3.63. The fourth-order valence-electron chi connectivity index (χ4n) is 2.57. The zero-order chi connectivity index (χ0) is 14.8. The molecule has 0 spiro atoms. The predicted octanol–water partition coefficient (Wildman–Crippen LogP) is 2.23. The van der Waals surface area contributed by atoms with Crippen LogP contribution in [0.25, 0.3) is 10.9 Å². The van der Waals surface area contributed by atoms with Gasteiger partial charge in [-0.15, -0.1) is 0 Å². The molecule has 0 aliphatic rings. The Morgan fingerprint density at radius 2 is 1.52 bits per heavy atom. The molecule has 0 amide bonds. The highest BCUT2D eigenvalue weighted by atomic mass is 16.2. The van der Waals surface area contributed by atoms with Crippen LogP contribution in [-0.2, 0) is 13.1 Å². The second kappa shape index (κ2) is 5.40. The summed E-state index contributed by atoms with van der Waals surface area (Å²) >= 11 is 0. The molecule has 0 aliphatic heterocycles. The highest BCUT2D eigenvalue weighted by molar-refractivity contribution is 5.77. The Hall–Kier alpha value is -2.62. The van der Waals surface area contributed by atoms with E-state index in [4.69, 9.17) is 0 Å². The molecular formula is C17H16N2O2. The van der Waals surface area contributed by atoms with Crippen molar-refractivity contribution in [2.24, 2.45) is 0 Å². The third-order valence-corrected chi connectivity index (χ3v) is 3.63. The lowest BCUT2D eigenvalue weighted by Crippen LogP contribution is -2.39. The van der Waals surface area contributed by atoms with Crippen LogP contribution in [0.2, 0.25) is 0 Å². The van der Waals surface area contributed by atoms with E-state index >= 15 is 0 Å². The number of rotatable bonds is 3. The maximum Gasteiger partial charge on any atom is 0.331 e. The van der Waals surface area contributed by atoms with Crippen LogP contribution >= 0.6 is 0 Å². The van der Waals surface area contributed by atoms with E-state index in [0.717, 1.165) is 5.56 Å². The first kappa shape index (κ1) is 13.4. The molecule has 0 bridgehead atoms. The molecule has 21 heavy (non-hydrogen) atoms. The van der Waals surface area contributed by atoms with Gasteiger partial charge in [-0.1, -0.05) is 42.5 Å². The Kier molecular flexibility index (Phi) is 3.44. The molecule has 1 heterocycles. The minimum atomic E-state index is -0.259. The van der Waals surface area contributed by atoms with Gasteiger partial charge in [0.15, 0.2) is 0 Å². The van der Waals surface area contributed by atoms with Gasteiger partial charge in [0.2, 0.25) is 0 Å². The van der Waals surface area contributed by atoms with Crippen molar-refractivity contribution < 1.29 is 0 Å². The van der Waals surface area contributed by atoms with Crippen molar-refractivity contribution in [3.63, 3.8) is 0 Å². The van der Waals surface area contributed by atoms with Crippen LogP contribution in [0.1, 0.15) is 12.5 Å². The van der Waals surface area contributed by atoms with Crippen LogP contribution in [0, 0.1) is 0 Å². The maximum atomic E-state index is 12.6. The molecule has 0 fully saturated rings. The largest absolute Gasteiger partial charge is 0.331 e. The van der Waals surface area contributed by atoms with E-state index in [-0.39, 0.29) is 11.2 Å². The predicted molar refractivity (Wildman–Crippen MR) is 83.7 cm³/mol. The summed E-state index contributed by atoms with van der Waals surface area (Å²) in [6.45, 7) is 2.64. The standard InChI is InChI=1S/C17H16N2O2/c1-2-18-16(20)14-10-6-7-11-15(14)19(17(18)21)12-13-8-4-3-5-9-13/h3-11H,2,12H2,1H3. The number of para-hydroxylation sites is 1. The Labute approximate surface area is 121 Å². The van der Waals surface area contributed by atoms with Crippen molar-refractivity contribution in [3.8, 4) is 0 Å². The zero-order valence-electron chi connectivity index (χ0n) is 11.8. The van der Waals surface area contributed by atoms with Gasteiger partial charge in [0, 0.05) is 6.54 Å². The van der Waals surface area contributed by atoms with Crippen LogP contribution in [0.4, 0.5) is 0 Å². The van der Waals surface area contributed by atoms with Crippen LogP contribution in [0.15, 0.2) is 64.2 Å². The molecule has 0 saturated carbocycles. The normalized spacial score (nSPS) is 10.9. The van der Waals surface area contributed by atoms with E-state index in [0.29, 0.717) is 24.0 Å². The Morgan fingerprint density at radius 1 is 0.857 bits per heavy atom. The molecular weight excluding hydrogens is 264 g/mol. The molecule has 0 radical (unpaired) electrons. The summed E-state index contributed by atoms with van der Waals surface area (Å²) in [6, 6.07) is 17.0. The Morgan fingerprint density at radius 3 is 2.24 bits per heavy atom. The van der Waals surface area contributed by atoms with E-state index in [9.17, 15) is 9.59 Å². The zero-order valence-corrected chi connectivity index (χ0v) is 11.8. The first-order valence-corrected chi connectivity index (χ1v) is 6.98. The summed E-state index contributed by atoms with van der Waals surface area (Å²) in [5, 5.41) is 0.579. The summed E-state index contributed by atoms with van der Waals surface area (Å²) in [6.07, 6.45) is 0. The van der Waals surface area contributed by atoms with Gasteiger partial charge in [0.1, 0.15) is 0 Å². The average Bonchev–Trinajstić information content (AvgIpc) is 2.53. The van der Waals surface area contributed by atoms with E-state index in [1.807, 2.05) is 55.5 Å². The minimum Gasteiger partial charge on any atom is -0.289 e. The second-order valence-electron chi connectivity index (χ2n) is 4.92. The summed E-state index contributed by atoms with van der Waals surface area (Å²) < 4.78 is 2.95. The smallest absolute Gasteiger partial charge is 0.289 e. The number of nitrogens with zero attached hydrogens (tertiary/aromatic N) is 2. The summed E-state index contributed by atoms with van der Waals surface area (Å²) in [5.41, 5.74) is 1.24. The van der Waals surface area contributed by atoms with Crippen molar-refractivity contribution in [2.75, 3.05) is 0 Å². The second-order valence-corrected chi connectivity index (χ2v) is 4.92. The van der Waals surface area contributed by atoms with Crippen molar-refractivity contribution >= 4 is 10.9 Å². The van der Waals surface area contributed by atoms with E-state index in [1.165, 1.54) is 4.57 Å². The molecule has 0 N–H and O–H groups in total. The lowest BCUT2D eigenvalue weighted by molar-refractivity contribution is 0.619. The topological polar surface area (TPSA) is 44.0 Å². The van der Waals surface area contributed by atoms with Crippen LogP contribution in [0.5, 0.6) is 0 Å². The quantitative estimate of drug-likeness (QED) is 0.738. The number of benzene rings is 2. The van der Waals surface area contributed by atoms with Crippen LogP contribution in [-0.4, -0.2) is 9.13 Å². The number of hydrogen-bond donors (Lipinski definition) is 0. The Bertz CT molecular complexity index is 892. The SMILES string of the molecule is CCn1c(=O)c2ccccc2n(Cc2ccccc2)c1=O. The van der Waals surface area contributed by atoms with Crippen molar-refractivity contribution in [2.45, 2.75) is 20.0 Å². The number of fused-ring (bicyclic) bond motifs is 1. The molecule has 3 aromatic rings. The summed E-state index contributed by atoms with van der Waals surface area (Å²) in [5.74, 6) is 0. The van der Waals surface area contributed by atoms with Gasteiger partial charge in [-0.2, -0.15) is 0 Å². The highest BCUT2D eigenvalue weighted by Gasteiger charge is 2.11. The number of aromatic nitrogens is 2. The van der Waals surface area contributed by atoms with Gasteiger partial charge in [-0.05, 0) is 24.6 Å². The van der Waals surface area contributed by atoms with E-state index < -0.39 is 0 Å². The fraction of sp³-hybridized carbons (Fsp3) is 0.176. The first-order chi connectivity index (χ1) is 10.2. The van der Waals surface area contributed by atoms with Gasteiger partial charge in [-0.25, -0.2) is 4.79 Å². The molecule has 0 saturated heterocycles. The fourth-order valence-corrected chi connectivity index (χ4v) is 2.57. The van der Waals surface area contributed by atoms with Crippen LogP contribution in [0.3, 0.4) is 0 Å². The molecule has 0 atom stereocenters. The maximum absolute atomic E-state index is 12.6. The van der Waals surface area contributed by atoms with E-state index in [2.05, 4.69) is 0 Å². The molecule has 2 aromatic carbocycles. The van der Waals surface area contributed by atoms with Crippen molar-refractivity contribution in [1.82, 2.24) is 9.13 Å². The van der Waals surface area contributed by atoms with Crippen molar-refractivity contribution in [1.29, 1.82) is 0 Å². The van der Waals surface area contributed by atoms with Gasteiger partial charge >= 0.3 is 5.69 Å². The van der Waals surface area contributed by atoms with Gasteiger partial charge in [-0.3, -0.25) is 13.9 Å². The molecule has 4 heteroatoms. The molecule has 0 aliphatic carbocycles. The van der Waals surface area contributed by atoms with Gasteiger partial charge in [0.25, 0.3) is 5.56 Å². The number of hydrogen-bond acceptors (Lipinski definition) is 2. The van der Waals surface area contributed by atoms with Gasteiger partial charge < -0.3 is 0 Å². The third kappa shape index (κ3) is 2.29. The summed E-state index contributed by atoms with van der Waals surface area (Å²) in [4.78, 5) is 24.9. The molecule has 0 unspecified atom stereocenters. The summed E-state index contributed by atoms with van der Waals surface area (Å²) in [7, 11) is 0. The van der Waals surface area contributed by atoms with Crippen molar-refractivity contribution in [3.05, 3.63) is 81.0 Å². The highest BCUT2D eigenvalue weighted by Crippen LogP contribution is 2.10. The van der Waals surface area contributed by atoms with E-state index in [1.54, 1.807) is 10.6 Å².